The van der Waals surface area contributed by atoms with Gasteiger partial charge in [-0.2, -0.15) is 18.4 Å². The predicted octanol–water partition coefficient (Wildman–Crippen LogP) is 4.55. The van der Waals surface area contributed by atoms with Crippen molar-refractivity contribution in [2.24, 2.45) is 0 Å². The maximum Gasteiger partial charge on any atom is 0.422 e. The number of hydrogen-bond donors (Lipinski definition) is 2. The molecule has 0 radical (unpaired) electrons. The van der Waals surface area contributed by atoms with Gasteiger partial charge in [-0.1, -0.05) is 18.2 Å². The molecule has 0 aliphatic rings. The van der Waals surface area contributed by atoms with Gasteiger partial charge in [0, 0.05) is 16.9 Å². The zero-order chi connectivity index (χ0) is 24.1. The molecular formula is C22H16F3N3O4S. The SMILES string of the molecule is N#Cc1cc(NC(=O)c2ccc(NS(=O)(=O)c3ccccc3)cc2)ccc1OCC(F)(F)F. The second-order valence-corrected chi connectivity index (χ2v) is 8.36. The summed E-state index contributed by atoms with van der Waals surface area (Å²) in [6, 6.07) is 18.7. The molecule has 0 aromatic heterocycles. The van der Waals surface area contributed by atoms with E-state index in [1.54, 1.807) is 24.3 Å². The van der Waals surface area contributed by atoms with Crippen molar-refractivity contribution < 1.29 is 31.1 Å². The number of rotatable bonds is 7. The first-order valence-corrected chi connectivity index (χ1v) is 10.8. The molecule has 0 spiro atoms. The molecule has 0 heterocycles. The van der Waals surface area contributed by atoms with Crippen LogP contribution < -0.4 is 14.8 Å². The number of benzene rings is 3. The van der Waals surface area contributed by atoms with E-state index in [0.717, 1.165) is 6.07 Å². The summed E-state index contributed by atoms with van der Waals surface area (Å²) in [6.45, 7) is -1.55. The van der Waals surface area contributed by atoms with E-state index in [0.29, 0.717) is 0 Å². The number of anilines is 2. The standard InChI is InChI=1S/C22H16F3N3O4S/c23-22(24,25)14-32-20-11-10-18(12-16(20)13-26)27-21(29)15-6-8-17(9-7-15)28-33(30,31)19-4-2-1-3-5-19/h1-12,28H,14H2,(H,27,29). The fourth-order valence-corrected chi connectivity index (χ4v) is 3.77. The fraction of sp³-hybridized carbons (Fsp3) is 0.0909. The summed E-state index contributed by atoms with van der Waals surface area (Å²) < 4.78 is 68.7. The smallest absolute Gasteiger partial charge is 0.422 e. The molecule has 0 unspecified atom stereocenters. The molecule has 7 nitrogen and oxygen atoms in total. The maximum absolute atomic E-state index is 12.5. The van der Waals surface area contributed by atoms with Gasteiger partial charge >= 0.3 is 6.18 Å². The third kappa shape index (κ3) is 6.47. The average molecular weight is 475 g/mol. The van der Waals surface area contributed by atoms with Gasteiger partial charge in [0.15, 0.2) is 6.61 Å². The Morgan fingerprint density at radius 3 is 2.21 bits per heavy atom. The van der Waals surface area contributed by atoms with Gasteiger partial charge in [0.1, 0.15) is 11.8 Å². The Labute approximate surface area is 187 Å². The third-order valence-corrected chi connectivity index (χ3v) is 5.60. The van der Waals surface area contributed by atoms with Gasteiger partial charge in [-0.15, -0.1) is 0 Å². The monoisotopic (exact) mass is 475 g/mol. The van der Waals surface area contributed by atoms with E-state index in [4.69, 9.17) is 5.26 Å². The Kier molecular flexibility index (Phi) is 6.89. The van der Waals surface area contributed by atoms with Crippen molar-refractivity contribution in [1.82, 2.24) is 0 Å². The van der Waals surface area contributed by atoms with Crippen molar-refractivity contribution in [3.8, 4) is 11.8 Å². The highest BCUT2D eigenvalue weighted by Gasteiger charge is 2.29. The number of alkyl halides is 3. The van der Waals surface area contributed by atoms with Crippen molar-refractivity contribution in [3.05, 3.63) is 83.9 Å². The van der Waals surface area contributed by atoms with Crippen LogP contribution in [0.15, 0.2) is 77.7 Å². The van der Waals surface area contributed by atoms with Crippen LogP contribution in [0.1, 0.15) is 15.9 Å². The summed E-state index contributed by atoms with van der Waals surface area (Å²) in [5.41, 5.74) is 0.425. The van der Waals surface area contributed by atoms with Gasteiger partial charge in [0.25, 0.3) is 15.9 Å². The first-order valence-electron chi connectivity index (χ1n) is 9.30. The Morgan fingerprint density at radius 2 is 1.61 bits per heavy atom. The van der Waals surface area contributed by atoms with Crippen molar-refractivity contribution in [2.45, 2.75) is 11.1 Å². The number of nitrogens with zero attached hydrogens (tertiary/aromatic N) is 1. The van der Waals surface area contributed by atoms with Crippen LogP contribution >= 0.6 is 0 Å². The lowest BCUT2D eigenvalue weighted by Gasteiger charge is -2.12. The van der Waals surface area contributed by atoms with Gasteiger partial charge in [0.05, 0.1) is 10.5 Å². The number of amides is 1. The zero-order valence-corrected chi connectivity index (χ0v) is 17.6. The largest absolute Gasteiger partial charge is 0.483 e. The number of nitriles is 1. The van der Waals surface area contributed by atoms with Crippen LogP contribution in [0.2, 0.25) is 0 Å². The number of halogens is 3. The van der Waals surface area contributed by atoms with E-state index in [9.17, 15) is 26.4 Å². The van der Waals surface area contributed by atoms with E-state index in [1.807, 2.05) is 0 Å². The van der Waals surface area contributed by atoms with Crippen molar-refractivity contribution in [3.63, 3.8) is 0 Å². The minimum Gasteiger partial charge on any atom is -0.483 e. The Morgan fingerprint density at radius 1 is 0.970 bits per heavy atom. The average Bonchev–Trinajstić information content (AvgIpc) is 2.78. The third-order valence-electron chi connectivity index (χ3n) is 4.20. The fourth-order valence-electron chi connectivity index (χ4n) is 2.69. The number of carbonyl (C=O) groups excluding carboxylic acids is 1. The molecule has 11 heteroatoms. The van der Waals surface area contributed by atoms with Crippen molar-refractivity contribution in [1.29, 1.82) is 5.26 Å². The number of ether oxygens (including phenoxy) is 1. The topological polar surface area (TPSA) is 108 Å². The van der Waals surface area contributed by atoms with Crippen LogP contribution in [-0.2, 0) is 10.0 Å². The molecule has 2 N–H and O–H groups in total. The van der Waals surface area contributed by atoms with Gasteiger partial charge in [-0.3, -0.25) is 9.52 Å². The molecule has 33 heavy (non-hydrogen) atoms. The first-order chi connectivity index (χ1) is 15.6. The van der Waals surface area contributed by atoms with Gasteiger partial charge in [-0.25, -0.2) is 8.42 Å². The lowest BCUT2D eigenvalue weighted by Crippen LogP contribution is -2.19. The van der Waals surface area contributed by atoms with E-state index in [-0.39, 0.29) is 33.1 Å². The molecule has 0 atom stereocenters. The molecule has 0 aliphatic heterocycles. The number of hydrogen-bond acceptors (Lipinski definition) is 5. The molecule has 3 aromatic carbocycles. The summed E-state index contributed by atoms with van der Waals surface area (Å²) in [5, 5.41) is 11.7. The highest BCUT2D eigenvalue weighted by Crippen LogP contribution is 2.25. The quantitative estimate of drug-likeness (QED) is 0.521. The molecule has 3 aromatic rings. The number of nitrogens with one attached hydrogen (secondary N) is 2. The molecule has 0 bridgehead atoms. The Bertz CT molecular complexity index is 1290. The van der Waals surface area contributed by atoms with Crippen molar-refractivity contribution >= 4 is 27.3 Å². The minimum absolute atomic E-state index is 0.0859. The normalized spacial score (nSPS) is 11.3. The summed E-state index contributed by atoms with van der Waals surface area (Å²) in [6.07, 6.45) is -4.55. The minimum atomic E-state index is -4.55. The number of carbonyl (C=O) groups is 1. The molecule has 0 saturated heterocycles. The Hall–Kier alpha value is -4.04. The lowest BCUT2D eigenvalue weighted by atomic mass is 10.1. The number of sulfonamides is 1. The summed E-state index contributed by atoms with van der Waals surface area (Å²) in [4.78, 5) is 12.5. The van der Waals surface area contributed by atoms with Gasteiger partial charge in [-0.05, 0) is 54.6 Å². The van der Waals surface area contributed by atoms with E-state index in [1.165, 1.54) is 48.5 Å². The second kappa shape index (κ2) is 9.62. The predicted molar refractivity (Wildman–Crippen MR) is 114 cm³/mol. The van der Waals surface area contributed by atoms with Crippen molar-refractivity contribution in [2.75, 3.05) is 16.6 Å². The van der Waals surface area contributed by atoms with Crippen LogP contribution in [0, 0.1) is 11.3 Å². The van der Waals surface area contributed by atoms with Crippen LogP contribution in [-0.4, -0.2) is 27.1 Å². The summed E-state index contributed by atoms with van der Waals surface area (Å²) >= 11 is 0. The zero-order valence-electron chi connectivity index (χ0n) is 16.8. The molecule has 0 fully saturated rings. The maximum atomic E-state index is 12.5. The molecule has 1 amide bonds. The van der Waals surface area contributed by atoms with Crippen LogP contribution in [0.25, 0.3) is 0 Å². The Balaban J connectivity index is 1.68. The molecule has 3 rings (SSSR count). The highest BCUT2D eigenvalue weighted by atomic mass is 32.2. The molecule has 0 aliphatic carbocycles. The second-order valence-electron chi connectivity index (χ2n) is 6.68. The van der Waals surface area contributed by atoms with E-state index < -0.39 is 28.7 Å². The van der Waals surface area contributed by atoms with Crippen LogP contribution in [0.4, 0.5) is 24.5 Å². The van der Waals surface area contributed by atoms with E-state index in [2.05, 4.69) is 14.8 Å². The summed E-state index contributed by atoms with van der Waals surface area (Å²) in [7, 11) is -3.78. The highest BCUT2D eigenvalue weighted by molar-refractivity contribution is 7.92. The van der Waals surface area contributed by atoms with Crippen LogP contribution in [0.3, 0.4) is 0 Å². The molecular weight excluding hydrogens is 459 g/mol. The van der Waals surface area contributed by atoms with E-state index >= 15 is 0 Å². The lowest BCUT2D eigenvalue weighted by molar-refractivity contribution is -0.153. The molecule has 0 saturated carbocycles. The van der Waals surface area contributed by atoms with Crippen LogP contribution in [0.5, 0.6) is 5.75 Å². The first kappa shape index (κ1) is 23.6. The van der Waals surface area contributed by atoms with Gasteiger partial charge < -0.3 is 10.1 Å². The molecule has 170 valence electrons. The van der Waals surface area contributed by atoms with Gasteiger partial charge in [0.2, 0.25) is 0 Å². The summed E-state index contributed by atoms with van der Waals surface area (Å²) in [5.74, 6) is -0.830.